The van der Waals surface area contributed by atoms with Crippen LogP contribution < -0.4 is 10.3 Å². The van der Waals surface area contributed by atoms with Crippen LogP contribution in [0.25, 0.3) is 6.08 Å². The Balaban J connectivity index is 0.000001000. The first kappa shape index (κ1) is 16.7. The Kier molecular flexibility index (Phi) is 6.17. The lowest BCUT2D eigenvalue weighted by molar-refractivity contribution is -0.145. The van der Waals surface area contributed by atoms with E-state index in [0.717, 1.165) is 37.0 Å². The topological polar surface area (TPSA) is 47.6 Å². The van der Waals surface area contributed by atoms with Crippen molar-refractivity contribution in [3.8, 4) is 5.75 Å². The lowest BCUT2D eigenvalue weighted by Crippen LogP contribution is -2.29. The van der Waals surface area contributed by atoms with Crippen molar-refractivity contribution in [3.63, 3.8) is 0 Å². The zero-order valence-corrected chi connectivity index (χ0v) is 12.5. The van der Waals surface area contributed by atoms with E-state index in [0.29, 0.717) is 5.70 Å². The molecule has 0 aromatic heterocycles. The van der Waals surface area contributed by atoms with Gasteiger partial charge in [-0.3, -0.25) is 0 Å². The molecular weight excluding hydrogens is 301 g/mol. The third kappa shape index (κ3) is 3.58. The minimum Gasteiger partial charge on any atom is -0.458 e. The molecule has 0 bridgehead atoms. The van der Waals surface area contributed by atoms with Gasteiger partial charge in [0.15, 0.2) is 11.4 Å². The Morgan fingerprint density at radius 2 is 1.90 bits per heavy atom. The first-order valence-corrected chi connectivity index (χ1v) is 6.27. The number of nitrogens with one attached hydrogen (secondary N) is 1. The van der Waals surface area contributed by atoms with E-state index in [1.165, 1.54) is 0 Å². The summed E-state index contributed by atoms with van der Waals surface area (Å²) < 4.78 is 5.42. The van der Waals surface area contributed by atoms with Crippen LogP contribution in [-0.4, -0.2) is 12.1 Å². The molecule has 1 aromatic rings. The Morgan fingerprint density at radius 1 is 1.20 bits per heavy atom. The van der Waals surface area contributed by atoms with E-state index in [1.54, 1.807) is 6.08 Å². The van der Waals surface area contributed by atoms with Crippen LogP contribution in [0.15, 0.2) is 30.0 Å². The van der Waals surface area contributed by atoms with Crippen LogP contribution in [0.1, 0.15) is 31.2 Å². The molecule has 1 saturated carbocycles. The minimum atomic E-state index is -0.337. The molecule has 6 heteroatoms. The van der Waals surface area contributed by atoms with Crippen LogP contribution in [0.4, 0.5) is 0 Å². The highest BCUT2D eigenvalue weighted by Crippen LogP contribution is 2.25. The number of benzene rings is 1. The average Bonchev–Trinajstić information content (AvgIpc) is 2.91. The van der Waals surface area contributed by atoms with Crippen molar-refractivity contribution in [3.05, 3.63) is 35.5 Å². The van der Waals surface area contributed by atoms with Crippen LogP contribution >= 0.6 is 24.8 Å². The molecule has 1 aliphatic carbocycles. The van der Waals surface area contributed by atoms with Crippen molar-refractivity contribution in [1.29, 1.82) is 0 Å². The number of halogens is 2. The number of ether oxygens (including phenoxy) is 1. The van der Waals surface area contributed by atoms with Gasteiger partial charge < -0.3 is 9.57 Å². The molecule has 0 saturated heterocycles. The van der Waals surface area contributed by atoms with Crippen LogP contribution in [-0.2, 0) is 9.53 Å². The fourth-order valence-corrected chi connectivity index (χ4v) is 2.31. The molecule has 0 spiro atoms. The van der Waals surface area contributed by atoms with E-state index in [4.69, 9.17) is 9.57 Å². The van der Waals surface area contributed by atoms with Crippen molar-refractivity contribution < 1.29 is 14.4 Å². The molecule has 0 radical (unpaired) electrons. The molecule has 0 unspecified atom stereocenters. The average molecular weight is 318 g/mol. The van der Waals surface area contributed by atoms with Crippen LogP contribution in [0.2, 0.25) is 0 Å². The number of fused-ring (bicyclic) bond motifs is 1. The van der Waals surface area contributed by atoms with Crippen molar-refractivity contribution in [2.75, 3.05) is 0 Å². The van der Waals surface area contributed by atoms with Gasteiger partial charge in [0.25, 0.3) is 0 Å². The highest BCUT2D eigenvalue weighted by molar-refractivity contribution is 5.94. The number of hydroxylamine groups is 1. The number of carbonyl (C=O) groups is 1. The van der Waals surface area contributed by atoms with E-state index in [-0.39, 0.29) is 36.9 Å². The summed E-state index contributed by atoms with van der Waals surface area (Å²) in [5.74, 6) is 0.381. The van der Waals surface area contributed by atoms with Crippen molar-refractivity contribution >= 4 is 36.9 Å². The maximum absolute atomic E-state index is 11.9. The SMILES string of the molecule is Cl.Cl.O=C(OC1CCCC1)C1=Cc2ccccc2ON1. The Morgan fingerprint density at radius 3 is 2.65 bits per heavy atom. The van der Waals surface area contributed by atoms with Gasteiger partial charge in [-0.25, -0.2) is 10.3 Å². The number of para-hydroxylation sites is 1. The quantitative estimate of drug-likeness (QED) is 0.850. The Hall–Kier alpha value is -1.39. The minimum absolute atomic E-state index is 0. The smallest absolute Gasteiger partial charge is 0.358 e. The fraction of sp³-hybridized carbons (Fsp3) is 0.357. The monoisotopic (exact) mass is 317 g/mol. The van der Waals surface area contributed by atoms with Crippen molar-refractivity contribution in [2.45, 2.75) is 31.8 Å². The van der Waals surface area contributed by atoms with E-state index < -0.39 is 0 Å². The third-order valence-electron chi connectivity index (χ3n) is 3.29. The molecule has 1 heterocycles. The second-order valence-corrected chi connectivity index (χ2v) is 4.61. The normalized spacial score (nSPS) is 16.5. The summed E-state index contributed by atoms with van der Waals surface area (Å²) >= 11 is 0. The van der Waals surface area contributed by atoms with Gasteiger partial charge in [-0.1, -0.05) is 18.2 Å². The van der Waals surface area contributed by atoms with E-state index in [2.05, 4.69) is 5.48 Å². The fourth-order valence-electron chi connectivity index (χ4n) is 2.31. The number of hydrogen-bond acceptors (Lipinski definition) is 4. The summed E-state index contributed by atoms with van der Waals surface area (Å²) in [7, 11) is 0. The molecule has 3 rings (SSSR count). The molecule has 1 fully saturated rings. The van der Waals surface area contributed by atoms with Gasteiger partial charge in [-0.05, 0) is 37.8 Å². The van der Waals surface area contributed by atoms with Gasteiger partial charge >= 0.3 is 5.97 Å². The Labute approximate surface area is 130 Å². The van der Waals surface area contributed by atoms with Crippen LogP contribution in [0, 0.1) is 0 Å². The molecule has 0 atom stereocenters. The maximum Gasteiger partial charge on any atom is 0.358 e. The molecule has 2 aliphatic rings. The number of carbonyl (C=O) groups excluding carboxylic acids is 1. The summed E-state index contributed by atoms with van der Waals surface area (Å²) in [4.78, 5) is 17.2. The first-order chi connectivity index (χ1) is 8.83. The number of esters is 1. The summed E-state index contributed by atoms with van der Waals surface area (Å²) in [5.41, 5.74) is 3.88. The molecule has 1 aromatic carbocycles. The van der Waals surface area contributed by atoms with Crippen molar-refractivity contribution in [1.82, 2.24) is 5.48 Å². The highest BCUT2D eigenvalue weighted by atomic mass is 35.5. The molecule has 20 heavy (non-hydrogen) atoms. The highest BCUT2D eigenvalue weighted by Gasteiger charge is 2.23. The Bertz CT molecular complexity index is 499. The standard InChI is InChI=1S/C14H15NO3.2ClH/c16-14(17-11-6-2-3-7-11)12-9-10-5-1-4-8-13(10)18-15-12;;/h1,4-5,8-9,11,15H,2-3,6-7H2;2*1H. The largest absolute Gasteiger partial charge is 0.458 e. The molecule has 1 N–H and O–H groups in total. The van der Waals surface area contributed by atoms with E-state index in [9.17, 15) is 4.79 Å². The summed E-state index contributed by atoms with van der Waals surface area (Å²) in [6.07, 6.45) is 6.05. The lowest BCUT2D eigenvalue weighted by Gasteiger charge is -2.19. The molecule has 4 nitrogen and oxygen atoms in total. The van der Waals surface area contributed by atoms with Gasteiger partial charge in [-0.15, -0.1) is 24.8 Å². The zero-order valence-electron chi connectivity index (χ0n) is 10.8. The summed E-state index contributed by atoms with van der Waals surface area (Å²) in [6.45, 7) is 0. The van der Waals surface area contributed by atoms with Gasteiger partial charge in [0.05, 0.1) is 0 Å². The third-order valence-corrected chi connectivity index (χ3v) is 3.29. The van der Waals surface area contributed by atoms with Gasteiger partial charge in [0, 0.05) is 5.56 Å². The molecule has 0 amide bonds. The summed E-state index contributed by atoms with van der Waals surface area (Å²) in [5, 5.41) is 0. The number of rotatable bonds is 2. The second-order valence-electron chi connectivity index (χ2n) is 4.61. The predicted octanol–water partition coefficient (Wildman–Crippen LogP) is 3.25. The molecule has 110 valence electrons. The predicted molar refractivity (Wildman–Crippen MR) is 81.0 cm³/mol. The van der Waals surface area contributed by atoms with Crippen molar-refractivity contribution in [2.24, 2.45) is 0 Å². The van der Waals surface area contributed by atoms with Gasteiger partial charge in [0.1, 0.15) is 6.10 Å². The van der Waals surface area contributed by atoms with Crippen LogP contribution in [0.5, 0.6) is 5.75 Å². The van der Waals surface area contributed by atoms with Gasteiger partial charge in [0.2, 0.25) is 0 Å². The molecule has 1 aliphatic heterocycles. The van der Waals surface area contributed by atoms with Crippen LogP contribution in [0.3, 0.4) is 0 Å². The lowest BCUT2D eigenvalue weighted by atomic mass is 10.1. The van der Waals surface area contributed by atoms with Gasteiger partial charge in [-0.2, -0.15) is 0 Å². The maximum atomic E-state index is 11.9. The molecular formula is C14H17Cl2NO3. The first-order valence-electron chi connectivity index (χ1n) is 6.27. The van der Waals surface area contributed by atoms with E-state index in [1.807, 2.05) is 24.3 Å². The summed E-state index contributed by atoms with van der Waals surface area (Å²) in [6, 6.07) is 7.54. The zero-order chi connectivity index (χ0) is 12.4. The van der Waals surface area contributed by atoms with E-state index >= 15 is 0 Å². The number of hydrogen-bond donors (Lipinski definition) is 1. The second kappa shape index (κ2) is 7.41.